The Morgan fingerprint density at radius 1 is 0.730 bits per heavy atom. The number of hydrogen-bond acceptors (Lipinski definition) is 5. The molecule has 1 unspecified atom stereocenters. The van der Waals surface area contributed by atoms with Crippen LogP contribution in [0.3, 0.4) is 0 Å². The fourth-order valence-corrected chi connectivity index (χ4v) is 3.68. The lowest BCUT2D eigenvalue weighted by Crippen LogP contribution is -2.20. The van der Waals surface area contributed by atoms with Crippen LogP contribution in [-0.2, 0) is 4.79 Å². The molecule has 4 aromatic rings. The second-order valence-corrected chi connectivity index (χ2v) is 8.40. The van der Waals surface area contributed by atoms with Gasteiger partial charge in [0.15, 0.2) is 6.61 Å². The average Bonchev–Trinajstić information content (AvgIpc) is 2.94. The van der Waals surface area contributed by atoms with Crippen molar-refractivity contribution in [1.29, 1.82) is 0 Å². The lowest BCUT2D eigenvalue weighted by Gasteiger charge is -2.16. The minimum Gasteiger partial charge on any atom is -0.497 e. The second-order valence-electron chi connectivity index (χ2n) is 8.40. The zero-order valence-corrected chi connectivity index (χ0v) is 20.7. The fraction of sp³-hybridized carbons (Fsp3) is 0.133. The van der Waals surface area contributed by atoms with E-state index >= 15 is 0 Å². The number of methoxy groups -OCH3 is 1. The molecule has 3 N–H and O–H groups in total. The highest BCUT2D eigenvalue weighted by molar-refractivity contribution is 6.04. The first kappa shape index (κ1) is 25.3. The summed E-state index contributed by atoms with van der Waals surface area (Å²) in [6.45, 7) is 1.94. The molecule has 0 spiro atoms. The number of benzene rings is 4. The third-order valence-corrected chi connectivity index (χ3v) is 5.67. The van der Waals surface area contributed by atoms with E-state index in [1.54, 1.807) is 55.6 Å². The average molecular weight is 496 g/mol. The molecule has 4 rings (SSSR count). The molecule has 0 aliphatic rings. The van der Waals surface area contributed by atoms with Crippen molar-refractivity contribution in [3.05, 3.63) is 114 Å². The Kier molecular flexibility index (Phi) is 8.39. The maximum atomic E-state index is 12.7. The maximum absolute atomic E-state index is 12.7. The van der Waals surface area contributed by atoms with E-state index in [0.29, 0.717) is 28.4 Å². The standard InChI is InChI=1S/C30H29N3O4/c1-21(22-7-4-3-5-8-22)31-24-13-15-25(16-14-24)33-30(35)23-11-17-27(18-12-23)37-20-29(34)32-26-9-6-10-28(19-26)36-2/h3-19,21,31H,20H2,1-2H3,(H,32,34)(H,33,35). The Bertz CT molecular complexity index is 1320. The van der Waals surface area contributed by atoms with Crippen molar-refractivity contribution in [1.82, 2.24) is 0 Å². The van der Waals surface area contributed by atoms with Gasteiger partial charge in [0.25, 0.3) is 11.8 Å². The fourth-order valence-electron chi connectivity index (χ4n) is 3.68. The summed E-state index contributed by atoms with van der Waals surface area (Å²) in [5.74, 6) is 0.602. The molecule has 37 heavy (non-hydrogen) atoms. The third-order valence-electron chi connectivity index (χ3n) is 5.67. The zero-order valence-electron chi connectivity index (χ0n) is 20.7. The van der Waals surface area contributed by atoms with Crippen LogP contribution in [0, 0.1) is 0 Å². The zero-order chi connectivity index (χ0) is 26.0. The molecule has 0 heterocycles. The molecule has 1 atom stereocenters. The topological polar surface area (TPSA) is 88.7 Å². The summed E-state index contributed by atoms with van der Waals surface area (Å²) in [6, 6.07) is 31.6. The molecular formula is C30H29N3O4. The van der Waals surface area contributed by atoms with Crippen LogP contribution in [0.5, 0.6) is 11.5 Å². The number of carbonyl (C=O) groups is 2. The van der Waals surface area contributed by atoms with Crippen LogP contribution in [0.25, 0.3) is 0 Å². The van der Waals surface area contributed by atoms with Crippen LogP contribution in [0.2, 0.25) is 0 Å². The first-order valence-corrected chi connectivity index (χ1v) is 11.9. The lowest BCUT2D eigenvalue weighted by molar-refractivity contribution is -0.118. The second kappa shape index (κ2) is 12.3. The number of amides is 2. The van der Waals surface area contributed by atoms with Gasteiger partial charge in [0.2, 0.25) is 0 Å². The van der Waals surface area contributed by atoms with Crippen molar-refractivity contribution < 1.29 is 19.1 Å². The first-order chi connectivity index (χ1) is 18.0. The van der Waals surface area contributed by atoms with Gasteiger partial charge in [-0.1, -0.05) is 36.4 Å². The molecule has 0 saturated carbocycles. The van der Waals surface area contributed by atoms with Crippen LogP contribution in [0.4, 0.5) is 17.1 Å². The summed E-state index contributed by atoms with van der Waals surface area (Å²) >= 11 is 0. The Labute approximate surface area is 216 Å². The first-order valence-electron chi connectivity index (χ1n) is 11.9. The van der Waals surface area contributed by atoms with E-state index in [1.165, 1.54) is 5.56 Å². The van der Waals surface area contributed by atoms with Gasteiger partial charge < -0.3 is 25.4 Å². The number of nitrogens with one attached hydrogen (secondary N) is 3. The molecule has 0 bridgehead atoms. The van der Waals surface area contributed by atoms with Gasteiger partial charge in [-0.3, -0.25) is 9.59 Å². The molecule has 188 valence electrons. The van der Waals surface area contributed by atoms with Crippen LogP contribution < -0.4 is 25.4 Å². The Balaban J connectivity index is 1.25. The number of rotatable bonds is 10. The number of carbonyl (C=O) groups excluding carboxylic acids is 2. The summed E-state index contributed by atoms with van der Waals surface area (Å²) < 4.78 is 10.7. The monoisotopic (exact) mass is 495 g/mol. The number of hydrogen-bond donors (Lipinski definition) is 3. The van der Waals surface area contributed by atoms with Crippen molar-refractivity contribution in [2.75, 3.05) is 29.7 Å². The lowest BCUT2D eigenvalue weighted by atomic mass is 10.1. The molecule has 0 radical (unpaired) electrons. The summed E-state index contributed by atoms with van der Waals surface area (Å²) in [5, 5.41) is 9.10. The SMILES string of the molecule is COc1cccc(NC(=O)COc2ccc(C(=O)Nc3ccc(NC(C)c4ccccc4)cc3)cc2)c1. The quantitative estimate of drug-likeness (QED) is 0.246. The maximum Gasteiger partial charge on any atom is 0.262 e. The molecular weight excluding hydrogens is 466 g/mol. The highest BCUT2D eigenvalue weighted by Crippen LogP contribution is 2.22. The van der Waals surface area contributed by atoms with Gasteiger partial charge in [-0.25, -0.2) is 0 Å². The van der Waals surface area contributed by atoms with Crippen LogP contribution >= 0.6 is 0 Å². The minimum atomic E-state index is -0.300. The van der Waals surface area contributed by atoms with Gasteiger partial charge >= 0.3 is 0 Å². The molecule has 7 heteroatoms. The molecule has 0 saturated heterocycles. The normalized spacial score (nSPS) is 11.2. The van der Waals surface area contributed by atoms with Gasteiger partial charge in [0.1, 0.15) is 11.5 Å². The van der Waals surface area contributed by atoms with Crippen molar-refractivity contribution >= 4 is 28.9 Å². The van der Waals surface area contributed by atoms with Crippen LogP contribution in [0.1, 0.15) is 28.9 Å². The molecule has 0 aliphatic carbocycles. The molecule has 0 fully saturated rings. The van der Waals surface area contributed by atoms with E-state index in [9.17, 15) is 9.59 Å². The molecule has 0 aromatic heterocycles. The van der Waals surface area contributed by atoms with E-state index in [0.717, 1.165) is 5.69 Å². The predicted molar refractivity (Wildman–Crippen MR) is 146 cm³/mol. The molecule has 2 amide bonds. The van der Waals surface area contributed by atoms with E-state index in [-0.39, 0.29) is 24.5 Å². The molecule has 0 aliphatic heterocycles. The number of anilines is 3. The summed E-state index contributed by atoms with van der Waals surface area (Å²) in [5.41, 5.74) is 3.95. The van der Waals surface area contributed by atoms with E-state index in [1.807, 2.05) is 42.5 Å². The van der Waals surface area contributed by atoms with Crippen molar-refractivity contribution in [3.63, 3.8) is 0 Å². The van der Waals surface area contributed by atoms with Crippen LogP contribution in [0.15, 0.2) is 103 Å². The van der Waals surface area contributed by atoms with Crippen molar-refractivity contribution in [3.8, 4) is 11.5 Å². The van der Waals surface area contributed by atoms with Gasteiger partial charge in [-0.05, 0) is 73.2 Å². The van der Waals surface area contributed by atoms with Crippen molar-refractivity contribution in [2.24, 2.45) is 0 Å². The largest absolute Gasteiger partial charge is 0.497 e. The third kappa shape index (κ3) is 7.35. The summed E-state index contributed by atoms with van der Waals surface area (Å²) in [4.78, 5) is 24.8. The van der Waals surface area contributed by atoms with E-state index in [2.05, 4.69) is 35.0 Å². The minimum absolute atomic E-state index is 0.161. The summed E-state index contributed by atoms with van der Waals surface area (Å²) in [6.07, 6.45) is 0. The molecule has 7 nitrogen and oxygen atoms in total. The predicted octanol–water partition coefficient (Wildman–Crippen LogP) is 6.14. The van der Waals surface area contributed by atoms with E-state index < -0.39 is 0 Å². The smallest absolute Gasteiger partial charge is 0.262 e. The van der Waals surface area contributed by atoms with Crippen molar-refractivity contribution in [2.45, 2.75) is 13.0 Å². The van der Waals surface area contributed by atoms with Gasteiger partial charge in [0.05, 0.1) is 7.11 Å². The molecule has 4 aromatic carbocycles. The Hall–Kier alpha value is -4.78. The highest BCUT2D eigenvalue weighted by Gasteiger charge is 2.09. The Morgan fingerprint density at radius 3 is 2.14 bits per heavy atom. The van der Waals surface area contributed by atoms with Gasteiger partial charge in [-0.15, -0.1) is 0 Å². The summed E-state index contributed by atoms with van der Waals surface area (Å²) in [7, 11) is 1.57. The number of ether oxygens (including phenoxy) is 2. The van der Waals surface area contributed by atoms with Gasteiger partial charge in [0, 0.05) is 34.7 Å². The van der Waals surface area contributed by atoms with Crippen LogP contribution in [-0.4, -0.2) is 25.5 Å². The highest BCUT2D eigenvalue weighted by atomic mass is 16.5. The Morgan fingerprint density at radius 2 is 1.43 bits per heavy atom. The van der Waals surface area contributed by atoms with Gasteiger partial charge in [-0.2, -0.15) is 0 Å². The van der Waals surface area contributed by atoms with E-state index in [4.69, 9.17) is 9.47 Å².